The van der Waals surface area contributed by atoms with Crippen LogP contribution in [0.4, 0.5) is 24.5 Å². The van der Waals surface area contributed by atoms with Gasteiger partial charge in [-0.05, 0) is 66.2 Å². The van der Waals surface area contributed by atoms with Crippen LogP contribution in [0.1, 0.15) is 32.0 Å². The number of fused-ring (bicyclic) bond motifs is 1. The summed E-state index contributed by atoms with van der Waals surface area (Å²) < 4.78 is 41.5. The van der Waals surface area contributed by atoms with Crippen LogP contribution in [-0.4, -0.2) is 24.7 Å². The Hall–Kier alpha value is -3.33. The van der Waals surface area contributed by atoms with Gasteiger partial charge in [-0.2, -0.15) is 0 Å². The molecule has 2 amide bonds. The molecule has 0 saturated heterocycles. The predicted molar refractivity (Wildman–Crippen MR) is 112 cm³/mol. The fourth-order valence-corrected chi connectivity index (χ4v) is 4.09. The summed E-state index contributed by atoms with van der Waals surface area (Å²) in [7, 11) is 0. The van der Waals surface area contributed by atoms with Gasteiger partial charge in [-0.3, -0.25) is 9.59 Å². The van der Waals surface area contributed by atoms with Crippen molar-refractivity contribution in [3.05, 3.63) is 76.0 Å². The Bertz CT molecular complexity index is 1110. The second-order valence-electron chi connectivity index (χ2n) is 6.91. The molecule has 1 aliphatic heterocycles. The quantitative estimate of drug-likeness (QED) is 0.576. The summed E-state index contributed by atoms with van der Waals surface area (Å²) in [5, 5.41) is 4.57. The summed E-state index contributed by atoms with van der Waals surface area (Å²) in [5.74, 6) is -0.864. The third-order valence-corrected chi connectivity index (χ3v) is 5.63. The fourth-order valence-electron chi connectivity index (χ4n) is 3.47. The molecule has 0 aliphatic carbocycles. The van der Waals surface area contributed by atoms with Crippen LogP contribution in [-0.2, 0) is 6.42 Å². The highest BCUT2D eigenvalue weighted by atomic mass is 32.1. The minimum absolute atomic E-state index is 0.264. The maximum absolute atomic E-state index is 13.1. The van der Waals surface area contributed by atoms with Gasteiger partial charge < -0.3 is 15.0 Å². The van der Waals surface area contributed by atoms with Crippen molar-refractivity contribution in [1.82, 2.24) is 0 Å². The Morgan fingerprint density at radius 2 is 1.90 bits per heavy atom. The van der Waals surface area contributed by atoms with Crippen molar-refractivity contribution in [2.75, 3.05) is 16.8 Å². The van der Waals surface area contributed by atoms with Gasteiger partial charge in [-0.25, -0.2) is 0 Å². The molecular weight excluding hydrogens is 429 g/mol. The first kappa shape index (κ1) is 20.9. The Labute approximate surface area is 180 Å². The molecular formula is C22H17F3N2O3S. The number of thiophene rings is 1. The number of benzene rings is 2. The molecule has 1 aromatic heterocycles. The van der Waals surface area contributed by atoms with E-state index in [1.54, 1.807) is 41.8 Å². The lowest BCUT2D eigenvalue weighted by Crippen LogP contribution is -2.35. The summed E-state index contributed by atoms with van der Waals surface area (Å²) in [6.45, 7) is 0.442. The molecule has 2 aromatic carbocycles. The first-order valence-electron chi connectivity index (χ1n) is 9.46. The van der Waals surface area contributed by atoms with Crippen molar-refractivity contribution < 1.29 is 27.5 Å². The summed E-state index contributed by atoms with van der Waals surface area (Å²) in [4.78, 5) is 27.5. The molecule has 160 valence electrons. The van der Waals surface area contributed by atoms with Crippen LogP contribution in [0, 0.1) is 0 Å². The zero-order chi connectivity index (χ0) is 22.0. The molecule has 1 aliphatic rings. The van der Waals surface area contributed by atoms with Crippen LogP contribution in [0.15, 0.2) is 60.0 Å². The van der Waals surface area contributed by atoms with E-state index < -0.39 is 6.36 Å². The monoisotopic (exact) mass is 446 g/mol. The number of alkyl halides is 3. The van der Waals surface area contributed by atoms with Crippen molar-refractivity contribution in [2.45, 2.75) is 19.2 Å². The van der Waals surface area contributed by atoms with E-state index in [-0.39, 0.29) is 17.6 Å². The van der Waals surface area contributed by atoms with E-state index in [4.69, 9.17) is 0 Å². The minimum Gasteiger partial charge on any atom is -0.406 e. The van der Waals surface area contributed by atoms with Gasteiger partial charge in [0.15, 0.2) is 0 Å². The molecule has 2 heterocycles. The summed E-state index contributed by atoms with van der Waals surface area (Å²) in [6.07, 6.45) is -3.61. The molecule has 9 heteroatoms. The topological polar surface area (TPSA) is 58.6 Å². The van der Waals surface area contributed by atoms with Gasteiger partial charge in [0.2, 0.25) is 0 Å². The Kier molecular flexibility index (Phi) is 5.69. The molecule has 0 bridgehead atoms. The smallest absolute Gasteiger partial charge is 0.406 e. The van der Waals surface area contributed by atoms with Crippen LogP contribution in [0.2, 0.25) is 0 Å². The Morgan fingerprint density at radius 3 is 2.65 bits per heavy atom. The van der Waals surface area contributed by atoms with E-state index in [1.807, 2.05) is 0 Å². The van der Waals surface area contributed by atoms with Crippen LogP contribution in [0.3, 0.4) is 0 Å². The fraction of sp³-hybridized carbons (Fsp3) is 0.182. The number of ether oxygens (including phenoxy) is 1. The highest BCUT2D eigenvalue weighted by Crippen LogP contribution is 2.33. The molecule has 0 spiro atoms. The summed E-state index contributed by atoms with van der Waals surface area (Å²) >= 11 is 1.31. The number of carbonyl (C=O) groups excluding carboxylic acids is 2. The van der Waals surface area contributed by atoms with Gasteiger partial charge in [0.25, 0.3) is 11.8 Å². The average molecular weight is 446 g/mol. The van der Waals surface area contributed by atoms with E-state index in [2.05, 4.69) is 10.1 Å². The molecule has 4 rings (SSSR count). The summed E-state index contributed by atoms with van der Waals surface area (Å²) in [6, 6.07) is 14.1. The van der Waals surface area contributed by atoms with Gasteiger partial charge in [0, 0.05) is 23.5 Å². The van der Waals surface area contributed by atoms with Crippen LogP contribution >= 0.6 is 11.3 Å². The van der Waals surface area contributed by atoms with Crippen molar-refractivity contribution in [2.24, 2.45) is 0 Å². The third-order valence-electron chi connectivity index (χ3n) is 4.76. The molecule has 0 unspecified atom stereocenters. The van der Waals surface area contributed by atoms with Crippen LogP contribution < -0.4 is 15.0 Å². The van der Waals surface area contributed by atoms with E-state index in [0.29, 0.717) is 46.8 Å². The molecule has 0 atom stereocenters. The van der Waals surface area contributed by atoms with Crippen molar-refractivity contribution in [3.63, 3.8) is 0 Å². The van der Waals surface area contributed by atoms with Crippen LogP contribution in [0.5, 0.6) is 5.75 Å². The number of hydrogen-bond donors (Lipinski definition) is 1. The second kappa shape index (κ2) is 8.43. The van der Waals surface area contributed by atoms with Gasteiger partial charge in [0.05, 0.1) is 4.88 Å². The van der Waals surface area contributed by atoms with Gasteiger partial charge >= 0.3 is 6.36 Å². The standard InChI is InChI=1S/C22H17F3N2O3S/c23-22(24,25)30-17-8-9-18-14(13-17)5-2-10-27(18)21(29)15-4-1-6-16(12-15)26-20(28)19-7-3-11-31-19/h1,3-4,6-9,11-13H,2,5,10H2,(H,26,28). The minimum atomic E-state index is -4.77. The maximum atomic E-state index is 13.1. The van der Waals surface area contributed by atoms with E-state index in [9.17, 15) is 22.8 Å². The number of amides is 2. The lowest BCUT2D eigenvalue weighted by atomic mass is 10.00. The lowest BCUT2D eigenvalue weighted by molar-refractivity contribution is -0.274. The van der Waals surface area contributed by atoms with E-state index >= 15 is 0 Å². The lowest BCUT2D eigenvalue weighted by Gasteiger charge is -2.30. The second-order valence-corrected chi connectivity index (χ2v) is 7.86. The van der Waals surface area contributed by atoms with Crippen molar-refractivity contribution in [3.8, 4) is 5.75 Å². The number of anilines is 2. The number of nitrogens with zero attached hydrogens (tertiary/aromatic N) is 1. The maximum Gasteiger partial charge on any atom is 0.573 e. The van der Waals surface area contributed by atoms with Gasteiger partial charge in [-0.1, -0.05) is 12.1 Å². The van der Waals surface area contributed by atoms with Crippen molar-refractivity contribution in [1.29, 1.82) is 0 Å². The zero-order valence-electron chi connectivity index (χ0n) is 16.1. The molecule has 0 saturated carbocycles. The molecule has 1 N–H and O–H groups in total. The normalized spacial score (nSPS) is 13.5. The highest BCUT2D eigenvalue weighted by Gasteiger charge is 2.32. The highest BCUT2D eigenvalue weighted by molar-refractivity contribution is 7.12. The predicted octanol–water partition coefficient (Wildman–Crippen LogP) is 5.49. The number of nitrogens with one attached hydrogen (secondary N) is 1. The number of carbonyl (C=O) groups is 2. The Balaban J connectivity index is 1.55. The summed E-state index contributed by atoms with van der Waals surface area (Å²) in [5.41, 5.74) is 2.02. The Morgan fingerprint density at radius 1 is 1.06 bits per heavy atom. The van der Waals surface area contributed by atoms with Gasteiger partial charge in [0.1, 0.15) is 5.75 Å². The van der Waals surface area contributed by atoms with Crippen molar-refractivity contribution >= 4 is 34.5 Å². The molecule has 5 nitrogen and oxygen atoms in total. The number of halogens is 3. The number of hydrogen-bond acceptors (Lipinski definition) is 4. The molecule has 31 heavy (non-hydrogen) atoms. The zero-order valence-corrected chi connectivity index (χ0v) is 16.9. The molecule has 0 radical (unpaired) electrons. The SMILES string of the molecule is O=C(Nc1cccc(C(=O)N2CCCc3cc(OC(F)(F)F)ccc32)c1)c1cccs1. The molecule has 0 fully saturated rings. The first-order chi connectivity index (χ1) is 14.8. The van der Waals surface area contributed by atoms with Crippen LogP contribution in [0.25, 0.3) is 0 Å². The molecule has 3 aromatic rings. The number of rotatable bonds is 4. The third kappa shape index (κ3) is 4.88. The van der Waals surface area contributed by atoms with Gasteiger partial charge in [-0.15, -0.1) is 24.5 Å². The first-order valence-corrected chi connectivity index (χ1v) is 10.3. The number of aryl methyl sites for hydroxylation is 1. The average Bonchev–Trinajstić information content (AvgIpc) is 3.27. The van der Waals surface area contributed by atoms with E-state index in [0.717, 1.165) is 0 Å². The largest absolute Gasteiger partial charge is 0.573 e. The van der Waals surface area contributed by atoms with E-state index in [1.165, 1.54) is 34.4 Å².